The van der Waals surface area contributed by atoms with E-state index in [0.717, 1.165) is 5.39 Å². The van der Waals surface area contributed by atoms with Gasteiger partial charge in [0.05, 0.1) is 0 Å². The lowest BCUT2D eigenvalue weighted by Crippen LogP contribution is -2.43. The summed E-state index contributed by atoms with van der Waals surface area (Å²) in [6.07, 6.45) is -2.59. The summed E-state index contributed by atoms with van der Waals surface area (Å²) in [5.41, 5.74) is 6.84. The molecule has 5 rings (SSSR count). The van der Waals surface area contributed by atoms with E-state index in [1.54, 1.807) is 25.1 Å². The molecule has 4 aromatic rings. The SMILES string of the molecule is CC1(N)CCN([C@H](c2ccc3nnc(-c4ccc5cccc(OCC#N)c5n4)n3c2)C(F)(F)F)C1. The zero-order valence-electron chi connectivity index (χ0n) is 18.8. The van der Waals surface area contributed by atoms with E-state index in [0.29, 0.717) is 34.9 Å². The van der Waals surface area contributed by atoms with Crippen LogP contribution in [0, 0.1) is 11.3 Å². The third-order valence-corrected chi connectivity index (χ3v) is 6.16. The Morgan fingerprint density at radius 1 is 1.20 bits per heavy atom. The molecule has 2 N–H and O–H groups in total. The van der Waals surface area contributed by atoms with Gasteiger partial charge in [-0.1, -0.05) is 24.3 Å². The lowest BCUT2D eigenvalue weighted by molar-refractivity contribution is -0.184. The Hall–Kier alpha value is -3.75. The van der Waals surface area contributed by atoms with E-state index in [1.165, 1.54) is 27.6 Å². The minimum Gasteiger partial charge on any atom is -0.476 e. The van der Waals surface area contributed by atoms with Crippen molar-refractivity contribution in [1.82, 2.24) is 24.5 Å². The van der Waals surface area contributed by atoms with Gasteiger partial charge in [0, 0.05) is 30.2 Å². The zero-order valence-corrected chi connectivity index (χ0v) is 18.8. The molecule has 0 saturated carbocycles. The van der Waals surface area contributed by atoms with Gasteiger partial charge in [-0.3, -0.25) is 9.30 Å². The van der Waals surface area contributed by atoms with Crippen LogP contribution in [0.1, 0.15) is 24.9 Å². The number of benzene rings is 1. The van der Waals surface area contributed by atoms with Gasteiger partial charge in [-0.2, -0.15) is 18.4 Å². The standard InChI is InChI=1S/C24H22F3N7O/c1-23(29)9-11-33(14-23)21(24(25,26)27)16-6-8-19-31-32-22(34(19)13-16)17-7-5-15-3-2-4-18(20(15)30-17)35-12-10-28/h2-8,13,21H,9,11-12,14,29H2,1H3/t21-,23?/m1/s1. The van der Waals surface area contributed by atoms with Gasteiger partial charge < -0.3 is 10.5 Å². The number of nitrogens with zero attached hydrogens (tertiary/aromatic N) is 6. The van der Waals surface area contributed by atoms with Gasteiger partial charge in [-0.05, 0) is 37.1 Å². The fourth-order valence-electron chi connectivity index (χ4n) is 4.56. The predicted octanol–water partition coefficient (Wildman–Crippen LogP) is 3.87. The molecule has 8 nitrogen and oxygen atoms in total. The Labute approximate surface area is 198 Å². The molecule has 0 spiro atoms. The van der Waals surface area contributed by atoms with E-state index in [1.807, 2.05) is 18.2 Å². The average Bonchev–Trinajstić information content (AvgIpc) is 3.39. The molecule has 1 saturated heterocycles. The van der Waals surface area contributed by atoms with Crippen molar-refractivity contribution in [3.8, 4) is 23.3 Å². The van der Waals surface area contributed by atoms with Gasteiger partial charge in [0.2, 0.25) is 0 Å². The van der Waals surface area contributed by atoms with Crippen LogP contribution in [-0.2, 0) is 0 Å². The number of para-hydroxylation sites is 1. The van der Waals surface area contributed by atoms with Gasteiger partial charge in [-0.25, -0.2) is 4.98 Å². The van der Waals surface area contributed by atoms with Crippen LogP contribution >= 0.6 is 0 Å². The second-order valence-corrected chi connectivity index (χ2v) is 9.00. The Morgan fingerprint density at radius 2 is 2.03 bits per heavy atom. The Morgan fingerprint density at radius 3 is 2.74 bits per heavy atom. The molecule has 2 atom stereocenters. The molecule has 1 fully saturated rings. The maximum Gasteiger partial charge on any atom is 0.408 e. The number of likely N-dealkylation sites (tertiary alicyclic amines) is 1. The summed E-state index contributed by atoms with van der Waals surface area (Å²) in [7, 11) is 0. The lowest BCUT2D eigenvalue weighted by Gasteiger charge is -2.31. The number of hydrogen-bond acceptors (Lipinski definition) is 7. The van der Waals surface area contributed by atoms with Crippen molar-refractivity contribution in [2.24, 2.45) is 5.73 Å². The number of hydrogen-bond donors (Lipinski definition) is 1. The first kappa shape index (κ1) is 23.0. The third-order valence-electron chi connectivity index (χ3n) is 6.16. The predicted molar refractivity (Wildman–Crippen MR) is 122 cm³/mol. The minimum absolute atomic E-state index is 0.0718. The van der Waals surface area contributed by atoms with Gasteiger partial charge in [-0.15, -0.1) is 10.2 Å². The number of fused-ring (bicyclic) bond motifs is 2. The van der Waals surface area contributed by atoms with Crippen LogP contribution in [0.3, 0.4) is 0 Å². The Bertz CT molecular complexity index is 1440. The molecule has 4 heterocycles. The van der Waals surface area contributed by atoms with Crippen LogP contribution in [-0.4, -0.2) is 55.9 Å². The highest BCUT2D eigenvalue weighted by Gasteiger charge is 2.48. The average molecular weight is 481 g/mol. The van der Waals surface area contributed by atoms with Crippen LogP contribution in [0.15, 0.2) is 48.7 Å². The van der Waals surface area contributed by atoms with E-state index in [4.69, 9.17) is 15.7 Å². The zero-order chi connectivity index (χ0) is 24.8. The number of aromatic nitrogens is 4. The van der Waals surface area contributed by atoms with Crippen molar-refractivity contribution in [2.45, 2.75) is 31.1 Å². The molecule has 0 aliphatic carbocycles. The molecule has 11 heteroatoms. The van der Waals surface area contributed by atoms with Gasteiger partial charge in [0.25, 0.3) is 0 Å². The van der Waals surface area contributed by atoms with E-state index in [-0.39, 0.29) is 25.3 Å². The van der Waals surface area contributed by atoms with Crippen molar-refractivity contribution in [3.05, 3.63) is 54.2 Å². The van der Waals surface area contributed by atoms with Gasteiger partial charge in [0.15, 0.2) is 18.1 Å². The molecule has 0 radical (unpaired) electrons. The Kier molecular flexibility index (Phi) is 5.57. The number of nitriles is 1. The molecule has 0 amide bonds. The molecule has 1 unspecified atom stereocenters. The highest BCUT2D eigenvalue weighted by molar-refractivity contribution is 5.86. The summed E-state index contributed by atoms with van der Waals surface area (Å²) in [4.78, 5) is 6.01. The van der Waals surface area contributed by atoms with Crippen LogP contribution in [0.5, 0.6) is 5.75 Å². The molecule has 1 aromatic carbocycles. The van der Waals surface area contributed by atoms with E-state index >= 15 is 0 Å². The largest absolute Gasteiger partial charge is 0.476 e. The minimum atomic E-state index is -4.49. The monoisotopic (exact) mass is 481 g/mol. The van der Waals surface area contributed by atoms with Crippen molar-refractivity contribution in [1.29, 1.82) is 5.26 Å². The fraction of sp³-hybridized carbons (Fsp3) is 0.333. The molecule has 180 valence electrons. The summed E-state index contributed by atoms with van der Waals surface area (Å²) >= 11 is 0. The maximum atomic E-state index is 14.2. The number of pyridine rings is 2. The van der Waals surface area contributed by atoms with Gasteiger partial charge >= 0.3 is 6.18 Å². The first-order valence-electron chi connectivity index (χ1n) is 11.0. The summed E-state index contributed by atoms with van der Waals surface area (Å²) in [5, 5.41) is 17.9. The van der Waals surface area contributed by atoms with Crippen molar-refractivity contribution in [3.63, 3.8) is 0 Å². The maximum absolute atomic E-state index is 14.2. The molecular weight excluding hydrogens is 459 g/mol. The number of rotatable bonds is 5. The van der Waals surface area contributed by atoms with E-state index < -0.39 is 17.8 Å². The summed E-state index contributed by atoms with van der Waals surface area (Å²) in [5.74, 6) is 0.723. The molecule has 0 bridgehead atoms. The Balaban J connectivity index is 1.59. The number of alkyl halides is 3. The van der Waals surface area contributed by atoms with Crippen molar-refractivity contribution >= 4 is 16.6 Å². The van der Waals surface area contributed by atoms with E-state index in [2.05, 4.69) is 15.2 Å². The number of halogens is 3. The quantitative estimate of drug-likeness (QED) is 0.461. The van der Waals surface area contributed by atoms with Crippen LogP contribution in [0.2, 0.25) is 0 Å². The van der Waals surface area contributed by atoms with Crippen molar-refractivity contribution in [2.75, 3.05) is 19.7 Å². The molecule has 35 heavy (non-hydrogen) atoms. The fourth-order valence-corrected chi connectivity index (χ4v) is 4.56. The summed E-state index contributed by atoms with van der Waals surface area (Å²) in [6.45, 7) is 2.02. The number of nitrogens with two attached hydrogens (primary N) is 1. The van der Waals surface area contributed by atoms with Crippen LogP contribution in [0.25, 0.3) is 28.1 Å². The second-order valence-electron chi connectivity index (χ2n) is 9.00. The van der Waals surface area contributed by atoms with Crippen LogP contribution < -0.4 is 10.5 Å². The highest BCUT2D eigenvalue weighted by Crippen LogP contribution is 2.41. The normalized spacial score (nSPS) is 19.8. The summed E-state index contributed by atoms with van der Waals surface area (Å²) in [6, 6.07) is 11.9. The lowest BCUT2D eigenvalue weighted by atomic mass is 10.0. The second kappa shape index (κ2) is 8.48. The third kappa shape index (κ3) is 4.38. The molecule has 1 aliphatic heterocycles. The molecular formula is C24H22F3N7O. The molecule has 3 aromatic heterocycles. The first-order valence-corrected chi connectivity index (χ1v) is 11.0. The van der Waals surface area contributed by atoms with E-state index in [9.17, 15) is 13.2 Å². The smallest absolute Gasteiger partial charge is 0.408 e. The molecule has 1 aliphatic rings. The first-order chi connectivity index (χ1) is 16.7. The van der Waals surface area contributed by atoms with Gasteiger partial charge in [0.1, 0.15) is 29.1 Å². The topological polar surface area (TPSA) is 105 Å². The summed E-state index contributed by atoms with van der Waals surface area (Å²) < 4.78 is 49.6. The highest BCUT2D eigenvalue weighted by atomic mass is 19.4. The van der Waals surface area contributed by atoms with Crippen LogP contribution in [0.4, 0.5) is 13.2 Å². The van der Waals surface area contributed by atoms with Crippen molar-refractivity contribution < 1.29 is 17.9 Å². The number of ether oxygens (including phenoxy) is 1.